The van der Waals surface area contributed by atoms with Crippen molar-refractivity contribution in [1.29, 1.82) is 0 Å². The van der Waals surface area contributed by atoms with Crippen molar-refractivity contribution in [3.05, 3.63) is 54.4 Å². The minimum absolute atomic E-state index is 0.222. The molecule has 0 spiro atoms. The van der Waals surface area contributed by atoms with Gasteiger partial charge in [-0.25, -0.2) is 0 Å². The summed E-state index contributed by atoms with van der Waals surface area (Å²) in [5.74, 6) is 6.69. The number of nitrogens with zero attached hydrogens (tertiary/aromatic N) is 1. The zero-order valence-corrected chi connectivity index (χ0v) is 12.2. The van der Waals surface area contributed by atoms with E-state index >= 15 is 0 Å². The Labute approximate surface area is 129 Å². The third kappa shape index (κ3) is 4.53. The third-order valence-electron chi connectivity index (χ3n) is 2.73. The van der Waals surface area contributed by atoms with E-state index in [0.717, 1.165) is 0 Å². The van der Waals surface area contributed by atoms with Gasteiger partial charge in [0.1, 0.15) is 12.3 Å². The molecule has 1 aromatic carbocycles. The highest BCUT2D eigenvalue weighted by Crippen LogP contribution is 2.25. The maximum Gasteiger partial charge on any atom is 0.270 e. The molecule has 0 radical (unpaired) electrons. The van der Waals surface area contributed by atoms with E-state index in [2.05, 4.69) is 22.1 Å². The molecule has 2 aromatic rings. The van der Waals surface area contributed by atoms with E-state index in [9.17, 15) is 4.79 Å². The lowest BCUT2D eigenvalue weighted by atomic mass is 10.3. The van der Waals surface area contributed by atoms with Crippen LogP contribution in [-0.2, 0) is 0 Å². The van der Waals surface area contributed by atoms with Gasteiger partial charge in [0.2, 0.25) is 0 Å². The Kier molecular flexibility index (Phi) is 5.82. The summed E-state index contributed by atoms with van der Waals surface area (Å²) in [6, 6.07) is 12.5. The maximum atomic E-state index is 11.7. The van der Waals surface area contributed by atoms with Crippen LogP contribution < -0.4 is 14.8 Å². The molecule has 0 bridgehead atoms. The summed E-state index contributed by atoms with van der Waals surface area (Å²) >= 11 is 0. The number of rotatable bonds is 5. The first kappa shape index (κ1) is 15.4. The molecule has 1 heterocycles. The van der Waals surface area contributed by atoms with Crippen molar-refractivity contribution in [2.24, 2.45) is 0 Å². The Morgan fingerprint density at radius 2 is 1.91 bits per heavy atom. The summed E-state index contributed by atoms with van der Waals surface area (Å²) < 4.78 is 10.7. The van der Waals surface area contributed by atoms with Gasteiger partial charge in [0, 0.05) is 6.20 Å². The predicted octanol–water partition coefficient (Wildman–Crippen LogP) is 1.90. The zero-order chi connectivity index (χ0) is 15.6. The van der Waals surface area contributed by atoms with E-state index in [-0.39, 0.29) is 19.1 Å². The van der Waals surface area contributed by atoms with Crippen molar-refractivity contribution in [3.63, 3.8) is 0 Å². The predicted molar refractivity (Wildman–Crippen MR) is 82.8 cm³/mol. The minimum Gasteiger partial charge on any atom is -0.493 e. The van der Waals surface area contributed by atoms with E-state index in [1.807, 2.05) is 24.3 Å². The lowest BCUT2D eigenvalue weighted by Gasteiger charge is -2.07. The first-order valence-electron chi connectivity index (χ1n) is 6.72. The average molecular weight is 296 g/mol. The molecule has 1 N–H and O–H groups in total. The summed E-state index contributed by atoms with van der Waals surface area (Å²) in [6.07, 6.45) is 1.57. The molecule has 0 atom stereocenters. The van der Waals surface area contributed by atoms with Gasteiger partial charge < -0.3 is 14.8 Å². The van der Waals surface area contributed by atoms with Crippen LogP contribution in [0.4, 0.5) is 0 Å². The Bertz CT molecular complexity index is 675. The molecule has 1 aromatic heterocycles. The van der Waals surface area contributed by atoms with Gasteiger partial charge in [0.05, 0.1) is 13.7 Å². The highest BCUT2D eigenvalue weighted by atomic mass is 16.5. The molecule has 0 unspecified atom stereocenters. The fourth-order valence-electron chi connectivity index (χ4n) is 1.68. The third-order valence-corrected chi connectivity index (χ3v) is 2.73. The summed E-state index contributed by atoms with van der Waals surface area (Å²) in [5.41, 5.74) is 0.370. The standard InChI is InChI=1S/C17H16N2O3/c1-21-15-9-2-3-10-16(15)22-13-7-6-12-19-17(20)14-8-4-5-11-18-14/h2-5,8-11H,12-13H2,1H3,(H,19,20). The van der Waals surface area contributed by atoms with Gasteiger partial charge in [0.15, 0.2) is 11.5 Å². The van der Waals surface area contributed by atoms with Crippen molar-refractivity contribution in [3.8, 4) is 23.3 Å². The molecule has 22 heavy (non-hydrogen) atoms. The molecule has 0 aliphatic rings. The molecule has 2 rings (SSSR count). The van der Waals surface area contributed by atoms with Gasteiger partial charge in [-0.1, -0.05) is 30.0 Å². The second-order valence-corrected chi connectivity index (χ2v) is 4.19. The molecule has 0 fully saturated rings. The topological polar surface area (TPSA) is 60.5 Å². The first-order valence-corrected chi connectivity index (χ1v) is 6.72. The Morgan fingerprint density at radius 3 is 2.64 bits per heavy atom. The second kappa shape index (κ2) is 8.32. The van der Waals surface area contributed by atoms with Crippen molar-refractivity contribution < 1.29 is 14.3 Å². The molecule has 112 valence electrons. The SMILES string of the molecule is COc1ccccc1OCC#CCNC(=O)c1ccccn1. The van der Waals surface area contributed by atoms with Gasteiger partial charge in [-0.15, -0.1) is 0 Å². The molecule has 5 nitrogen and oxygen atoms in total. The smallest absolute Gasteiger partial charge is 0.270 e. The number of carbonyl (C=O) groups excluding carboxylic acids is 1. The van der Waals surface area contributed by atoms with E-state index in [1.54, 1.807) is 31.5 Å². The van der Waals surface area contributed by atoms with Crippen molar-refractivity contribution in [1.82, 2.24) is 10.3 Å². The van der Waals surface area contributed by atoms with E-state index < -0.39 is 0 Å². The number of amides is 1. The number of hydrogen-bond acceptors (Lipinski definition) is 4. The Hall–Kier alpha value is -3.00. The van der Waals surface area contributed by atoms with Gasteiger partial charge in [-0.05, 0) is 24.3 Å². The van der Waals surface area contributed by atoms with Gasteiger partial charge in [-0.3, -0.25) is 9.78 Å². The number of pyridine rings is 1. The van der Waals surface area contributed by atoms with Crippen molar-refractivity contribution in [2.45, 2.75) is 0 Å². The fraction of sp³-hybridized carbons (Fsp3) is 0.176. The Balaban J connectivity index is 1.75. The van der Waals surface area contributed by atoms with Crippen molar-refractivity contribution >= 4 is 5.91 Å². The molecule has 0 aliphatic carbocycles. The van der Waals surface area contributed by atoms with Gasteiger partial charge >= 0.3 is 0 Å². The van der Waals surface area contributed by atoms with Crippen LogP contribution in [0.25, 0.3) is 0 Å². The summed E-state index contributed by atoms with van der Waals surface area (Å²) in [7, 11) is 1.58. The quantitative estimate of drug-likeness (QED) is 0.856. The Morgan fingerprint density at radius 1 is 1.14 bits per heavy atom. The number of benzene rings is 1. The second-order valence-electron chi connectivity index (χ2n) is 4.19. The highest BCUT2D eigenvalue weighted by Gasteiger charge is 2.03. The number of nitrogens with one attached hydrogen (secondary N) is 1. The molecular formula is C17H16N2O3. The normalized spacial score (nSPS) is 9.32. The van der Waals surface area contributed by atoms with Crippen LogP contribution in [0.3, 0.4) is 0 Å². The average Bonchev–Trinajstić information content (AvgIpc) is 2.58. The molecular weight excluding hydrogens is 280 g/mol. The van der Waals surface area contributed by atoms with Crippen molar-refractivity contribution in [2.75, 3.05) is 20.3 Å². The van der Waals surface area contributed by atoms with E-state index in [0.29, 0.717) is 17.2 Å². The first-order chi connectivity index (χ1) is 10.8. The fourth-order valence-corrected chi connectivity index (χ4v) is 1.68. The van der Waals surface area contributed by atoms with E-state index in [4.69, 9.17) is 9.47 Å². The molecule has 0 aliphatic heterocycles. The number of methoxy groups -OCH3 is 1. The molecule has 0 saturated carbocycles. The van der Waals surface area contributed by atoms with Crippen LogP contribution in [0.15, 0.2) is 48.7 Å². The minimum atomic E-state index is -0.249. The van der Waals surface area contributed by atoms with Gasteiger partial charge in [0.25, 0.3) is 5.91 Å². The number of ether oxygens (including phenoxy) is 2. The lowest BCUT2D eigenvalue weighted by molar-refractivity contribution is 0.0953. The summed E-state index contributed by atoms with van der Waals surface area (Å²) in [4.78, 5) is 15.6. The molecule has 5 heteroatoms. The number of carbonyl (C=O) groups is 1. The molecule has 1 amide bonds. The number of para-hydroxylation sites is 2. The maximum absolute atomic E-state index is 11.7. The zero-order valence-electron chi connectivity index (χ0n) is 12.2. The summed E-state index contributed by atoms with van der Waals surface area (Å²) in [6.45, 7) is 0.463. The van der Waals surface area contributed by atoms with Crippen LogP contribution >= 0.6 is 0 Å². The monoisotopic (exact) mass is 296 g/mol. The van der Waals surface area contributed by atoms with E-state index in [1.165, 1.54) is 0 Å². The lowest BCUT2D eigenvalue weighted by Crippen LogP contribution is -2.24. The largest absolute Gasteiger partial charge is 0.493 e. The van der Waals surface area contributed by atoms with Crippen LogP contribution in [-0.4, -0.2) is 31.2 Å². The van der Waals surface area contributed by atoms with Gasteiger partial charge in [-0.2, -0.15) is 0 Å². The van der Waals surface area contributed by atoms with Crippen LogP contribution in [0.5, 0.6) is 11.5 Å². The van der Waals surface area contributed by atoms with Crippen LogP contribution in [0.1, 0.15) is 10.5 Å². The highest BCUT2D eigenvalue weighted by molar-refractivity contribution is 5.92. The summed E-state index contributed by atoms with van der Waals surface area (Å²) in [5, 5.41) is 2.66. The van der Waals surface area contributed by atoms with Crippen LogP contribution in [0.2, 0.25) is 0 Å². The number of hydrogen-bond donors (Lipinski definition) is 1. The number of aromatic nitrogens is 1. The van der Waals surface area contributed by atoms with Crippen LogP contribution in [0, 0.1) is 11.8 Å². The molecule has 0 saturated heterocycles.